The molecule has 0 saturated carbocycles. The lowest BCUT2D eigenvalue weighted by Gasteiger charge is -2.10. The topological polar surface area (TPSA) is 111 Å². The standard InChI is InChI=1S/C10H17N5O3/c1-6(9(16)13-10(11)17)12-5-7-4-8(18-3)15(2)14-7/h4,6,12H,5H2,1-3H3,(H3,11,13,16,17). The van der Waals surface area contributed by atoms with Gasteiger partial charge in [0, 0.05) is 19.7 Å². The number of ether oxygens (including phenoxy) is 1. The molecule has 0 fully saturated rings. The van der Waals surface area contributed by atoms with Gasteiger partial charge < -0.3 is 15.8 Å². The zero-order valence-electron chi connectivity index (χ0n) is 10.6. The Kier molecular flexibility index (Phi) is 4.67. The van der Waals surface area contributed by atoms with Gasteiger partial charge in [-0.25, -0.2) is 9.48 Å². The maximum absolute atomic E-state index is 11.4. The van der Waals surface area contributed by atoms with Gasteiger partial charge in [0.2, 0.25) is 11.8 Å². The highest BCUT2D eigenvalue weighted by molar-refractivity contribution is 5.96. The second-order valence-electron chi connectivity index (χ2n) is 3.76. The molecule has 0 aliphatic carbocycles. The first-order chi connectivity index (χ1) is 8.43. The van der Waals surface area contributed by atoms with E-state index in [4.69, 9.17) is 10.5 Å². The minimum atomic E-state index is -0.867. The van der Waals surface area contributed by atoms with Crippen LogP contribution in [0.4, 0.5) is 4.79 Å². The Morgan fingerprint density at radius 3 is 2.78 bits per heavy atom. The van der Waals surface area contributed by atoms with Gasteiger partial charge in [0.25, 0.3) is 0 Å². The van der Waals surface area contributed by atoms with Crippen LogP contribution in [0, 0.1) is 0 Å². The summed E-state index contributed by atoms with van der Waals surface area (Å²) in [6.07, 6.45) is 0. The predicted molar refractivity (Wildman–Crippen MR) is 63.8 cm³/mol. The molecule has 1 unspecified atom stereocenters. The minimum Gasteiger partial charge on any atom is -0.481 e. The fourth-order valence-electron chi connectivity index (χ4n) is 1.36. The van der Waals surface area contributed by atoms with Gasteiger partial charge in [-0.1, -0.05) is 0 Å². The third kappa shape index (κ3) is 3.74. The van der Waals surface area contributed by atoms with Gasteiger partial charge in [0.15, 0.2) is 0 Å². The number of carbonyl (C=O) groups excluding carboxylic acids is 2. The number of primary amides is 1. The van der Waals surface area contributed by atoms with Gasteiger partial charge in [0.05, 0.1) is 18.8 Å². The lowest BCUT2D eigenvalue weighted by molar-refractivity contribution is -0.121. The zero-order valence-corrected chi connectivity index (χ0v) is 10.6. The first kappa shape index (κ1) is 14.0. The number of urea groups is 1. The molecule has 8 heteroatoms. The number of methoxy groups -OCH3 is 1. The summed E-state index contributed by atoms with van der Waals surface area (Å²) in [7, 11) is 3.31. The molecule has 1 aromatic heterocycles. The van der Waals surface area contributed by atoms with E-state index in [9.17, 15) is 9.59 Å². The number of carbonyl (C=O) groups is 2. The van der Waals surface area contributed by atoms with E-state index in [-0.39, 0.29) is 0 Å². The molecular formula is C10H17N5O3. The fraction of sp³-hybridized carbons (Fsp3) is 0.500. The van der Waals surface area contributed by atoms with Crippen LogP contribution >= 0.6 is 0 Å². The van der Waals surface area contributed by atoms with E-state index >= 15 is 0 Å². The molecule has 1 atom stereocenters. The summed E-state index contributed by atoms with van der Waals surface area (Å²) in [5, 5.41) is 9.09. The molecular weight excluding hydrogens is 238 g/mol. The SMILES string of the molecule is COc1cc(CNC(C)C(=O)NC(N)=O)nn1C. The molecule has 1 heterocycles. The highest BCUT2D eigenvalue weighted by Crippen LogP contribution is 2.10. The normalized spacial score (nSPS) is 11.9. The quantitative estimate of drug-likeness (QED) is 0.631. The van der Waals surface area contributed by atoms with E-state index in [0.29, 0.717) is 12.4 Å². The van der Waals surface area contributed by atoms with E-state index in [1.54, 1.807) is 31.8 Å². The second-order valence-corrected chi connectivity index (χ2v) is 3.76. The summed E-state index contributed by atoms with van der Waals surface area (Å²) in [5.74, 6) is 0.145. The van der Waals surface area contributed by atoms with Crippen molar-refractivity contribution in [3.05, 3.63) is 11.8 Å². The lowest BCUT2D eigenvalue weighted by Crippen LogP contribution is -2.46. The van der Waals surface area contributed by atoms with Gasteiger partial charge >= 0.3 is 6.03 Å². The van der Waals surface area contributed by atoms with Crippen molar-refractivity contribution in [2.24, 2.45) is 12.8 Å². The highest BCUT2D eigenvalue weighted by Gasteiger charge is 2.14. The Morgan fingerprint density at radius 1 is 1.61 bits per heavy atom. The number of amides is 3. The van der Waals surface area contributed by atoms with Crippen molar-refractivity contribution in [1.82, 2.24) is 20.4 Å². The van der Waals surface area contributed by atoms with Crippen LogP contribution < -0.4 is 21.1 Å². The average Bonchev–Trinajstić information content (AvgIpc) is 2.65. The number of nitrogens with zero attached hydrogens (tertiary/aromatic N) is 2. The van der Waals surface area contributed by atoms with Crippen LogP contribution in [0.2, 0.25) is 0 Å². The molecule has 0 aliphatic rings. The van der Waals surface area contributed by atoms with Crippen molar-refractivity contribution in [3.8, 4) is 5.88 Å². The van der Waals surface area contributed by atoms with E-state index < -0.39 is 18.0 Å². The molecule has 100 valence electrons. The van der Waals surface area contributed by atoms with Crippen molar-refractivity contribution in [1.29, 1.82) is 0 Å². The van der Waals surface area contributed by atoms with Crippen LogP contribution in [0.25, 0.3) is 0 Å². The van der Waals surface area contributed by atoms with Crippen molar-refractivity contribution in [3.63, 3.8) is 0 Å². The smallest absolute Gasteiger partial charge is 0.318 e. The van der Waals surface area contributed by atoms with Crippen LogP contribution in [0.15, 0.2) is 6.07 Å². The highest BCUT2D eigenvalue weighted by atomic mass is 16.5. The number of rotatable bonds is 5. The average molecular weight is 255 g/mol. The third-order valence-corrected chi connectivity index (χ3v) is 2.33. The third-order valence-electron chi connectivity index (χ3n) is 2.33. The predicted octanol–water partition coefficient (Wildman–Crippen LogP) is -0.898. The first-order valence-corrected chi connectivity index (χ1v) is 5.34. The Balaban J connectivity index is 2.49. The molecule has 0 spiro atoms. The van der Waals surface area contributed by atoms with E-state index in [0.717, 1.165) is 5.69 Å². The molecule has 0 aromatic carbocycles. The first-order valence-electron chi connectivity index (χ1n) is 5.34. The van der Waals surface area contributed by atoms with E-state index in [1.165, 1.54) is 0 Å². The number of imide groups is 1. The monoisotopic (exact) mass is 255 g/mol. The number of nitrogens with one attached hydrogen (secondary N) is 2. The molecule has 0 aliphatic heterocycles. The van der Waals surface area contributed by atoms with Crippen LogP contribution in [0.1, 0.15) is 12.6 Å². The Bertz CT molecular complexity index is 443. The van der Waals surface area contributed by atoms with Gasteiger partial charge in [-0.2, -0.15) is 5.10 Å². The van der Waals surface area contributed by atoms with Crippen molar-refractivity contribution in [2.75, 3.05) is 7.11 Å². The maximum Gasteiger partial charge on any atom is 0.318 e. The Hall–Kier alpha value is -2.09. The van der Waals surface area contributed by atoms with Crippen LogP contribution in [0.3, 0.4) is 0 Å². The van der Waals surface area contributed by atoms with Gasteiger partial charge in [-0.3, -0.25) is 10.1 Å². The minimum absolute atomic E-state index is 0.380. The Morgan fingerprint density at radius 2 is 2.28 bits per heavy atom. The molecule has 3 amide bonds. The summed E-state index contributed by atoms with van der Waals surface area (Å²) in [6, 6.07) is 0.338. The van der Waals surface area contributed by atoms with E-state index in [2.05, 4.69) is 10.4 Å². The van der Waals surface area contributed by atoms with E-state index in [1.807, 2.05) is 5.32 Å². The molecule has 0 bridgehead atoms. The molecule has 1 rings (SSSR count). The second kappa shape index (κ2) is 6.01. The van der Waals surface area contributed by atoms with Crippen molar-refractivity contribution >= 4 is 11.9 Å². The molecule has 1 aromatic rings. The van der Waals surface area contributed by atoms with Crippen LogP contribution in [-0.4, -0.2) is 34.9 Å². The number of aromatic nitrogens is 2. The number of hydrogen-bond acceptors (Lipinski definition) is 5. The van der Waals surface area contributed by atoms with Crippen molar-refractivity contribution < 1.29 is 14.3 Å². The molecule has 0 saturated heterocycles. The number of hydrogen-bond donors (Lipinski definition) is 3. The zero-order chi connectivity index (χ0) is 13.7. The van der Waals surface area contributed by atoms with Gasteiger partial charge in [-0.05, 0) is 6.92 Å². The summed E-state index contributed by atoms with van der Waals surface area (Å²) in [6.45, 7) is 2.00. The van der Waals surface area contributed by atoms with Crippen molar-refractivity contribution in [2.45, 2.75) is 19.5 Å². The van der Waals surface area contributed by atoms with Gasteiger partial charge in [0.1, 0.15) is 0 Å². The summed E-state index contributed by atoms with van der Waals surface area (Å²) in [5.41, 5.74) is 5.58. The molecule has 8 nitrogen and oxygen atoms in total. The summed E-state index contributed by atoms with van der Waals surface area (Å²) < 4.78 is 6.65. The Labute approximate surface area is 104 Å². The largest absolute Gasteiger partial charge is 0.481 e. The van der Waals surface area contributed by atoms with Crippen LogP contribution in [-0.2, 0) is 18.4 Å². The van der Waals surface area contributed by atoms with Gasteiger partial charge in [-0.15, -0.1) is 0 Å². The molecule has 18 heavy (non-hydrogen) atoms. The number of nitrogens with two attached hydrogens (primary N) is 1. The fourth-order valence-corrected chi connectivity index (χ4v) is 1.36. The van der Waals surface area contributed by atoms with Crippen LogP contribution in [0.5, 0.6) is 5.88 Å². The molecule has 0 radical (unpaired) electrons. The summed E-state index contributed by atoms with van der Waals surface area (Å²) in [4.78, 5) is 21.9. The molecule has 4 N–H and O–H groups in total. The maximum atomic E-state index is 11.4. The summed E-state index contributed by atoms with van der Waals surface area (Å²) >= 11 is 0. The number of aryl methyl sites for hydroxylation is 1. The lowest BCUT2D eigenvalue weighted by atomic mass is 10.3.